The molecule has 0 radical (unpaired) electrons. The molecule has 0 aromatic heterocycles. The number of hydrogen-bond acceptors (Lipinski definition) is 1. The van der Waals surface area contributed by atoms with E-state index in [-0.39, 0.29) is 0 Å². The first-order valence-corrected chi connectivity index (χ1v) is 10.5. The van der Waals surface area contributed by atoms with Gasteiger partial charge in [0.25, 0.3) is 0 Å². The van der Waals surface area contributed by atoms with Gasteiger partial charge in [-0.3, -0.25) is 0 Å². The maximum absolute atomic E-state index is 2.52. The normalized spacial score (nSPS) is 11.5. The molecule has 0 N–H and O–H groups in total. The van der Waals surface area contributed by atoms with Crippen LogP contribution in [0.3, 0.4) is 0 Å². The lowest BCUT2D eigenvalue weighted by atomic mass is 10.0. The average Bonchev–Trinajstić information content (AvgIpc) is 2.52. The molecule has 0 rings (SSSR count). The SMILES string of the molecule is CCCCCCCCCCCCCCCN(C)CCCCC. The highest BCUT2D eigenvalue weighted by atomic mass is 15.1. The Morgan fingerprint density at radius 3 is 1.09 bits per heavy atom. The minimum Gasteiger partial charge on any atom is -0.306 e. The fourth-order valence-electron chi connectivity index (χ4n) is 3.14. The van der Waals surface area contributed by atoms with E-state index in [1.807, 2.05) is 0 Å². The zero-order valence-electron chi connectivity index (χ0n) is 16.2. The number of unbranched alkanes of at least 4 members (excludes halogenated alkanes) is 14. The first kappa shape index (κ1) is 22.0. The summed E-state index contributed by atoms with van der Waals surface area (Å²) in [7, 11) is 2.29. The molecule has 1 nitrogen and oxygen atoms in total. The summed E-state index contributed by atoms with van der Waals surface area (Å²) in [4.78, 5) is 2.52. The molecule has 0 saturated heterocycles. The third-order valence-corrected chi connectivity index (χ3v) is 4.79. The van der Waals surface area contributed by atoms with E-state index >= 15 is 0 Å². The van der Waals surface area contributed by atoms with Crippen LogP contribution >= 0.6 is 0 Å². The van der Waals surface area contributed by atoms with Crippen LogP contribution in [0.15, 0.2) is 0 Å². The Morgan fingerprint density at radius 1 is 0.409 bits per heavy atom. The van der Waals surface area contributed by atoms with Gasteiger partial charge in [-0.15, -0.1) is 0 Å². The molecule has 0 aromatic carbocycles. The molecule has 0 bridgehead atoms. The van der Waals surface area contributed by atoms with E-state index in [4.69, 9.17) is 0 Å². The van der Waals surface area contributed by atoms with Gasteiger partial charge in [-0.25, -0.2) is 0 Å². The van der Waals surface area contributed by atoms with Crippen LogP contribution in [0.2, 0.25) is 0 Å². The van der Waals surface area contributed by atoms with Gasteiger partial charge in [-0.05, 0) is 33.0 Å². The molecule has 0 aliphatic rings. The summed E-state index contributed by atoms with van der Waals surface area (Å²) >= 11 is 0. The van der Waals surface area contributed by atoms with Crippen molar-refractivity contribution in [2.45, 2.75) is 117 Å². The van der Waals surface area contributed by atoms with Crippen molar-refractivity contribution in [1.29, 1.82) is 0 Å². The van der Waals surface area contributed by atoms with Crippen LogP contribution in [0.1, 0.15) is 117 Å². The summed E-state index contributed by atoms with van der Waals surface area (Å²) in [5.41, 5.74) is 0. The van der Waals surface area contributed by atoms with Crippen molar-refractivity contribution in [3.05, 3.63) is 0 Å². The number of rotatable bonds is 18. The van der Waals surface area contributed by atoms with E-state index in [9.17, 15) is 0 Å². The highest BCUT2D eigenvalue weighted by molar-refractivity contribution is 4.54. The minimum atomic E-state index is 1.30. The molecule has 0 aliphatic heterocycles. The third kappa shape index (κ3) is 18.0. The van der Waals surface area contributed by atoms with Crippen LogP contribution in [0.5, 0.6) is 0 Å². The van der Waals surface area contributed by atoms with E-state index in [1.54, 1.807) is 0 Å². The fourth-order valence-corrected chi connectivity index (χ4v) is 3.14. The Kier molecular flexibility index (Phi) is 19.0. The van der Waals surface area contributed by atoms with Gasteiger partial charge >= 0.3 is 0 Å². The summed E-state index contributed by atoms with van der Waals surface area (Å²) in [6.45, 7) is 7.19. The second-order valence-electron chi connectivity index (χ2n) is 7.25. The Hall–Kier alpha value is -0.0400. The topological polar surface area (TPSA) is 3.24 Å². The largest absolute Gasteiger partial charge is 0.306 e. The van der Waals surface area contributed by atoms with Crippen molar-refractivity contribution in [3.63, 3.8) is 0 Å². The second kappa shape index (κ2) is 19.0. The minimum absolute atomic E-state index is 1.30. The standard InChI is InChI=1S/C21H45N/c1-4-6-8-9-10-11-12-13-14-15-16-17-19-21-22(3)20-18-7-5-2/h4-21H2,1-3H3. The molecule has 0 aromatic rings. The summed E-state index contributed by atoms with van der Waals surface area (Å²) < 4.78 is 0. The molecule has 0 amide bonds. The van der Waals surface area contributed by atoms with Gasteiger partial charge in [0, 0.05) is 0 Å². The molecule has 0 spiro atoms. The predicted octanol–water partition coefficient (Wildman–Crippen LogP) is 7.20. The predicted molar refractivity (Wildman–Crippen MR) is 103 cm³/mol. The molecular weight excluding hydrogens is 266 g/mol. The van der Waals surface area contributed by atoms with Crippen LogP contribution in [-0.2, 0) is 0 Å². The van der Waals surface area contributed by atoms with Gasteiger partial charge in [0.1, 0.15) is 0 Å². The number of hydrogen-bond donors (Lipinski definition) is 0. The summed E-state index contributed by atoms with van der Waals surface area (Å²) in [6.07, 6.45) is 23.0. The molecule has 0 atom stereocenters. The van der Waals surface area contributed by atoms with Gasteiger partial charge in [-0.1, -0.05) is 104 Å². The Morgan fingerprint density at radius 2 is 0.682 bits per heavy atom. The maximum Gasteiger partial charge on any atom is -0.00218 e. The summed E-state index contributed by atoms with van der Waals surface area (Å²) in [6, 6.07) is 0. The molecule has 0 aliphatic carbocycles. The lowest BCUT2D eigenvalue weighted by Gasteiger charge is -2.15. The zero-order valence-corrected chi connectivity index (χ0v) is 16.2. The first-order valence-electron chi connectivity index (χ1n) is 10.5. The molecule has 0 fully saturated rings. The molecule has 0 saturated carbocycles. The molecule has 0 unspecified atom stereocenters. The van der Waals surface area contributed by atoms with Gasteiger partial charge < -0.3 is 4.90 Å². The Balaban J connectivity index is 3.05. The fraction of sp³-hybridized carbons (Fsp3) is 1.00. The lowest BCUT2D eigenvalue weighted by molar-refractivity contribution is 0.315. The molecule has 0 heterocycles. The van der Waals surface area contributed by atoms with Crippen LogP contribution in [-0.4, -0.2) is 25.0 Å². The summed E-state index contributed by atoms with van der Waals surface area (Å²) in [5.74, 6) is 0. The van der Waals surface area contributed by atoms with Crippen molar-refractivity contribution in [2.24, 2.45) is 0 Å². The smallest absolute Gasteiger partial charge is 0.00218 e. The Bertz CT molecular complexity index is 190. The van der Waals surface area contributed by atoms with Crippen molar-refractivity contribution < 1.29 is 0 Å². The highest BCUT2D eigenvalue weighted by Gasteiger charge is 1.98. The van der Waals surface area contributed by atoms with Gasteiger partial charge in [0.05, 0.1) is 0 Å². The van der Waals surface area contributed by atoms with Crippen molar-refractivity contribution >= 4 is 0 Å². The van der Waals surface area contributed by atoms with Crippen LogP contribution < -0.4 is 0 Å². The van der Waals surface area contributed by atoms with Gasteiger partial charge in [-0.2, -0.15) is 0 Å². The van der Waals surface area contributed by atoms with Gasteiger partial charge in [0.2, 0.25) is 0 Å². The van der Waals surface area contributed by atoms with E-state index in [0.29, 0.717) is 0 Å². The van der Waals surface area contributed by atoms with Crippen molar-refractivity contribution in [3.8, 4) is 0 Å². The van der Waals surface area contributed by atoms with Crippen LogP contribution in [0, 0.1) is 0 Å². The van der Waals surface area contributed by atoms with Crippen molar-refractivity contribution in [2.75, 3.05) is 20.1 Å². The molecule has 134 valence electrons. The number of nitrogens with zero attached hydrogens (tertiary/aromatic N) is 1. The van der Waals surface area contributed by atoms with Crippen molar-refractivity contribution in [1.82, 2.24) is 4.90 Å². The van der Waals surface area contributed by atoms with Crippen LogP contribution in [0.4, 0.5) is 0 Å². The van der Waals surface area contributed by atoms with E-state index in [1.165, 1.54) is 116 Å². The average molecular weight is 312 g/mol. The first-order chi connectivity index (χ1) is 10.8. The zero-order chi connectivity index (χ0) is 16.3. The monoisotopic (exact) mass is 311 g/mol. The highest BCUT2D eigenvalue weighted by Crippen LogP contribution is 2.12. The van der Waals surface area contributed by atoms with Gasteiger partial charge in [0.15, 0.2) is 0 Å². The van der Waals surface area contributed by atoms with Crippen LogP contribution in [0.25, 0.3) is 0 Å². The summed E-state index contributed by atoms with van der Waals surface area (Å²) in [5, 5.41) is 0. The quantitative estimate of drug-likeness (QED) is 0.242. The molecular formula is C21H45N. The van der Waals surface area contributed by atoms with E-state index in [0.717, 1.165) is 0 Å². The van der Waals surface area contributed by atoms with E-state index < -0.39 is 0 Å². The molecule has 1 heteroatoms. The maximum atomic E-state index is 2.52. The van der Waals surface area contributed by atoms with E-state index in [2.05, 4.69) is 25.8 Å². The Labute approximate surface area is 142 Å². The second-order valence-corrected chi connectivity index (χ2v) is 7.25. The third-order valence-electron chi connectivity index (χ3n) is 4.79. The lowest BCUT2D eigenvalue weighted by Crippen LogP contribution is -2.20. The molecule has 22 heavy (non-hydrogen) atoms.